The Hall–Kier alpha value is -2.34. The standard InChI is InChI=1S/C17H18O5S/c1-13-7-9-14(10-8-13)21-11-12-22-17(18)15-5-3-4-6-16(15)23(2,19)20/h3-10H,11-12H2,1-2H3. The smallest absolute Gasteiger partial charge is 0.339 e. The van der Waals surface area contributed by atoms with Gasteiger partial charge >= 0.3 is 5.97 Å². The van der Waals surface area contributed by atoms with Gasteiger partial charge in [0.1, 0.15) is 19.0 Å². The second-order valence-corrected chi connectivity index (χ2v) is 7.05. The van der Waals surface area contributed by atoms with Gasteiger partial charge in [-0.25, -0.2) is 13.2 Å². The van der Waals surface area contributed by atoms with Gasteiger partial charge in [0.15, 0.2) is 9.84 Å². The summed E-state index contributed by atoms with van der Waals surface area (Å²) in [5.41, 5.74) is 1.16. The summed E-state index contributed by atoms with van der Waals surface area (Å²) in [6, 6.07) is 13.5. The van der Waals surface area contributed by atoms with Crippen LogP contribution in [0.3, 0.4) is 0 Å². The van der Waals surface area contributed by atoms with Gasteiger partial charge in [0.25, 0.3) is 0 Å². The molecule has 0 bridgehead atoms. The molecule has 0 aliphatic carbocycles. The molecule has 0 unspecified atom stereocenters. The van der Waals surface area contributed by atoms with Gasteiger partial charge in [-0.2, -0.15) is 0 Å². The summed E-state index contributed by atoms with van der Waals surface area (Å²) in [5, 5.41) is 0. The summed E-state index contributed by atoms with van der Waals surface area (Å²) >= 11 is 0. The first-order valence-corrected chi connectivity index (χ1v) is 8.93. The maximum Gasteiger partial charge on any atom is 0.339 e. The number of hydrogen-bond donors (Lipinski definition) is 0. The monoisotopic (exact) mass is 334 g/mol. The first-order valence-electron chi connectivity index (χ1n) is 7.03. The second kappa shape index (κ2) is 7.28. The van der Waals surface area contributed by atoms with Crippen molar-refractivity contribution in [1.29, 1.82) is 0 Å². The maximum absolute atomic E-state index is 12.0. The normalized spacial score (nSPS) is 11.0. The lowest BCUT2D eigenvalue weighted by atomic mass is 10.2. The number of benzene rings is 2. The number of ether oxygens (including phenoxy) is 2. The molecule has 0 heterocycles. The Balaban J connectivity index is 1.92. The molecule has 122 valence electrons. The summed E-state index contributed by atoms with van der Waals surface area (Å²) in [7, 11) is -3.49. The minimum Gasteiger partial charge on any atom is -0.490 e. The fourth-order valence-electron chi connectivity index (χ4n) is 1.96. The molecule has 0 spiro atoms. The van der Waals surface area contributed by atoms with E-state index in [1.165, 1.54) is 12.1 Å². The number of esters is 1. The molecule has 2 rings (SSSR count). The van der Waals surface area contributed by atoms with E-state index in [4.69, 9.17) is 9.47 Å². The Bertz CT molecular complexity index is 779. The van der Waals surface area contributed by atoms with Crippen LogP contribution >= 0.6 is 0 Å². The van der Waals surface area contributed by atoms with E-state index in [2.05, 4.69) is 0 Å². The van der Waals surface area contributed by atoms with Crippen LogP contribution in [0.1, 0.15) is 15.9 Å². The molecule has 2 aromatic carbocycles. The molecule has 0 aliphatic rings. The number of rotatable bonds is 6. The van der Waals surface area contributed by atoms with Crippen LogP contribution in [0.2, 0.25) is 0 Å². The highest BCUT2D eigenvalue weighted by molar-refractivity contribution is 7.90. The third-order valence-electron chi connectivity index (χ3n) is 3.11. The molecular formula is C17H18O5S. The molecule has 0 fully saturated rings. The van der Waals surface area contributed by atoms with Crippen LogP contribution in [0.4, 0.5) is 0 Å². The lowest BCUT2D eigenvalue weighted by Gasteiger charge is -2.09. The Kier molecular flexibility index (Phi) is 5.39. The molecule has 0 amide bonds. The van der Waals surface area contributed by atoms with Crippen molar-refractivity contribution in [3.63, 3.8) is 0 Å². The highest BCUT2D eigenvalue weighted by atomic mass is 32.2. The van der Waals surface area contributed by atoms with Gasteiger partial charge in [-0.3, -0.25) is 0 Å². The van der Waals surface area contributed by atoms with Crippen LogP contribution in [-0.2, 0) is 14.6 Å². The average Bonchev–Trinajstić information content (AvgIpc) is 2.52. The molecule has 0 aliphatic heterocycles. The van der Waals surface area contributed by atoms with Crippen LogP contribution in [0, 0.1) is 6.92 Å². The summed E-state index contributed by atoms with van der Waals surface area (Å²) in [4.78, 5) is 12.0. The molecule has 0 saturated heterocycles. The lowest BCUT2D eigenvalue weighted by Crippen LogP contribution is -2.15. The van der Waals surface area contributed by atoms with Crippen molar-refractivity contribution in [1.82, 2.24) is 0 Å². The van der Waals surface area contributed by atoms with Crippen molar-refractivity contribution in [2.45, 2.75) is 11.8 Å². The van der Waals surface area contributed by atoms with Crippen molar-refractivity contribution >= 4 is 15.8 Å². The third kappa shape index (κ3) is 4.82. The zero-order valence-corrected chi connectivity index (χ0v) is 13.8. The first kappa shape index (κ1) is 17.0. The van der Waals surface area contributed by atoms with E-state index >= 15 is 0 Å². The topological polar surface area (TPSA) is 69.7 Å². The zero-order valence-electron chi connectivity index (χ0n) is 13.0. The maximum atomic E-state index is 12.0. The Morgan fingerprint density at radius 3 is 2.30 bits per heavy atom. The van der Waals surface area contributed by atoms with Gasteiger partial charge in [0, 0.05) is 6.26 Å². The molecule has 6 heteroatoms. The number of carbonyl (C=O) groups excluding carboxylic acids is 1. The van der Waals surface area contributed by atoms with Crippen LogP contribution in [0.15, 0.2) is 53.4 Å². The molecule has 0 radical (unpaired) electrons. The van der Waals surface area contributed by atoms with Gasteiger partial charge in [-0.1, -0.05) is 29.8 Å². The first-order chi connectivity index (χ1) is 10.9. The number of hydrogen-bond acceptors (Lipinski definition) is 5. The van der Waals surface area contributed by atoms with E-state index in [1.54, 1.807) is 12.1 Å². The molecule has 2 aromatic rings. The molecule has 0 atom stereocenters. The fourth-order valence-corrected chi connectivity index (χ4v) is 2.84. The minimum atomic E-state index is -3.49. The largest absolute Gasteiger partial charge is 0.490 e. The van der Waals surface area contributed by atoms with Crippen molar-refractivity contribution in [3.8, 4) is 5.75 Å². The number of sulfone groups is 1. The van der Waals surface area contributed by atoms with Crippen LogP contribution in [-0.4, -0.2) is 33.9 Å². The quantitative estimate of drug-likeness (QED) is 0.600. The molecule has 0 aromatic heterocycles. The summed E-state index contributed by atoms with van der Waals surface area (Å²) in [6.07, 6.45) is 1.06. The highest BCUT2D eigenvalue weighted by Crippen LogP contribution is 2.16. The molecule has 23 heavy (non-hydrogen) atoms. The van der Waals surface area contributed by atoms with Crippen LogP contribution < -0.4 is 4.74 Å². The fraction of sp³-hybridized carbons (Fsp3) is 0.235. The Morgan fingerprint density at radius 2 is 1.65 bits per heavy atom. The van der Waals surface area contributed by atoms with Gasteiger partial charge < -0.3 is 9.47 Å². The van der Waals surface area contributed by atoms with Crippen molar-refractivity contribution < 1.29 is 22.7 Å². The van der Waals surface area contributed by atoms with Crippen molar-refractivity contribution in [2.24, 2.45) is 0 Å². The van der Waals surface area contributed by atoms with Crippen LogP contribution in [0.25, 0.3) is 0 Å². The highest BCUT2D eigenvalue weighted by Gasteiger charge is 2.19. The van der Waals surface area contributed by atoms with Crippen molar-refractivity contribution in [3.05, 3.63) is 59.7 Å². The second-order valence-electron chi connectivity index (χ2n) is 5.07. The van der Waals surface area contributed by atoms with Crippen molar-refractivity contribution in [2.75, 3.05) is 19.5 Å². The SMILES string of the molecule is Cc1ccc(OCCOC(=O)c2ccccc2S(C)(=O)=O)cc1. The van der Waals surface area contributed by atoms with E-state index < -0.39 is 15.8 Å². The van der Waals surface area contributed by atoms with E-state index in [9.17, 15) is 13.2 Å². The van der Waals surface area contributed by atoms with Gasteiger partial charge in [-0.15, -0.1) is 0 Å². The Morgan fingerprint density at radius 1 is 1.00 bits per heavy atom. The van der Waals surface area contributed by atoms with Gasteiger partial charge in [-0.05, 0) is 31.2 Å². The third-order valence-corrected chi connectivity index (χ3v) is 4.27. The lowest BCUT2D eigenvalue weighted by molar-refractivity contribution is 0.0446. The van der Waals surface area contributed by atoms with E-state index in [1.807, 2.05) is 31.2 Å². The predicted molar refractivity (Wildman–Crippen MR) is 86.5 cm³/mol. The van der Waals surface area contributed by atoms with E-state index in [0.29, 0.717) is 5.75 Å². The zero-order chi connectivity index (χ0) is 16.9. The molecule has 0 N–H and O–H groups in total. The predicted octanol–water partition coefficient (Wildman–Crippen LogP) is 2.63. The van der Waals surface area contributed by atoms with E-state index in [-0.39, 0.29) is 23.7 Å². The average molecular weight is 334 g/mol. The Labute approximate surface area is 135 Å². The van der Waals surface area contributed by atoms with Crippen LogP contribution in [0.5, 0.6) is 5.75 Å². The molecule has 5 nitrogen and oxygen atoms in total. The number of aryl methyl sites for hydroxylation is 1. The summed E-state index contributed by atoms with van der Waals surface area (Å²) in [6.45, 7) is 2.20. The number of carbonyl (C=O) groups is 1. The van der Waals surface area contributed by atoms with Gasteiger partial charge in [0.2, 0.25) is 0 Å². The molecular weight excluding hydrogens is 316 g/mol. The summed E-state index contributed by atoms with van der Waals surface area (Å²) < 4.78 is 33.9. The summed E-state index contributed by atoms with van der Waals surface area (Å²) in [5.74, 6) is 0.00159. The van der Waals surface area contributed by atoms with Gasteiger partial charge in [0.05, 0.1) is 10.5 Å². The van der Waals surface area contributed by atoms with E-state index in [0.717, 1.165) is 11.8 Å². The minimum absolute atomic E-state index is 0.0325. The molecule has 0 saturated carbocycles.